The number of anilines is 1. The van der Waals surface area contributed by atoms with Crippen LogP contribution in [0.2, 0.25) is 0 Å². The minimum atomic E-state index is -4.85. The Kier molecular flexibility index (Phi) is 7.26. The molecule has 0 aliphatic rings. The number of halogens is 3. The Morgan fingerprint density at radius 2 is 1.72 bits per heavy atom. The second kappa shape index (κ2) is 9.27. The van der Waals surface area contributed by atoms with Crippen LogP contribution >= 0.6 is 0 Å². The van der Waals surface area contributed by atoms with Crippen molar-refractivity contribution in [3.63, 3.8) is 0 Å². The van der Waals surface area contributed by atoms with E-state index in [4.69, 9.17) is 4.74 Å². The molecular weight excluding hydrogens is 409 g/mol. The second-order valence-electron chi connectivity index (χ2n) is 6.08. The highest BCUT2D eigenvalue weighted by Gasteiger charge is 2.39. The van der Waals surface area contributed by atoms with Crippen LogP contribution in [-0.2, 0) is 21.0 Å². The minimum absolute atomic E-state index is 0.117. The summed E-state index contributed by atoms with van der Waals surface area (Å²) >= 11 is 0. The first-order valence-corrected chi connectivity index (χ1v) is 10.1. The number of carbonyl (C=O) groups excluding carboxylic acids is 1. The molecule has 10 heteroatoms. The highest BCUT2D eigenvalue weighted by molar-refractivity contribution is 7.89. The van der Waals surface area contributed by atoms with Crippen molar-refractivity contribution in [2.45, 2.75) is 24.4 Å². The summed E-state index contributed by atoms with van der Waals surface area (Å²) in [7, 11) is -3.15. The number of carbonyl (C=O) groups is 1. The standard InChI is InChI=1S/C19H21F3N2O4S/c1-3-12-24(13-18(25)23-15-9-5-6-10-16(15)28-2)29(26,27)17-11-7-4-8-14(17)19(20,21)22/h4-11H,3,12-13H2,1-2H3,(H,23,25). The normalized spacial score (nSPS) is 12.1. The van der Waals surface area contributed by atoms with E-state index in [1.807, 2.05) is 0 Å². The number of benzene rings is 2. The molecule has 1 amide bonds. The number of sulfonamides is 1. The Balaban J connectivity index is 2.33. The number of hydrogen-bond acceptors (Lipinski definition) is 4. The first-order chi connectivity index (χ1) is 13.6. The van der Waals surface area contributed by atoms with Crippen LogP contribution in [0, 0.1) is 0 Å². The van der Waals surface area contributed by atoms with Crippen molar-refractivity contribution in [3.05, 3.63) is 54.1 Å². The molecule has 0 radical (unpaired) electrons. The lowest BCUT2D eigenvalue weighted by molar-refractivity contribution is -0.139. The molecule has 0 fully saturated rings. The van der Waals surface area contributed by atoms with Gasteiger partial charge in [0.05, 0.1) is 29.8 Å². The molecule has 2 aromatic rings. The average Bonchev–Trinajstić information content (AvgIpc) is 2.67. The van der Waals surface area contributed by atoms with Gasteiger partial charge in [0.25, 0.3) is 0 Å². The summed E-state index contributed by atoms with van der Waals surface area (Å²) in [6.45, 7) is 0.907. The van der Waals surface area contributed by atoms with Gasteiger partial charge in [-0.15, -0.1) is 0 Å². The van der Waals surface area contributed by atoms with Gasteiger partial charge in [0.15, 0.2) is 0 Å². The predicted octanol–water partition coefficient (Wildman–Crippen LogP) is 3.75. The molecule has 158 valence electrons. The molecule has 0 saturated carbocycles. The molecular formula is C19H21F3N2O4S. The van der Waals surface area contributed by atoms with Crippen LogP contribution in [0.5, 0.6) is 5.75 Å². The summed E-state index contributed by atoms with van der Waals surface area (Å²) in [6, 6.07) is 10.4. The number of para-hydroxylation sites is 2. The van der Waals surface area contributed by atoms with Gasteiger partial charge in [-0.1, -0.05) is 31.2 Å². The zero-order valence-corrected chi connectivity index (χ0v) is 16.7. The van der Waals surface area contributed by atoms with E-state index in [1.54, 1.807) is 31.2 Å². The zero-order valence-electron chi connectivity index (χ0n) is 15.9. The van der Waals surface area contributed by atoms with Crippen molar-refractivity contribution in [1.29, 1.82) is 0 Å². The molecule has 0 aliphatic heterocycles. The van der Waals surface area contributed by atoms with Gasteiger partial charge in [0.2, 0.25) is 15.9 Å². The Labute approximate surface area is 167 Å². The number of ether oxygens (including phenoxy) is 1. The molecule has 0 heterocycles. The predicted molar refractivity (Wildman–Crippen MR) is 102 cm³/mol. The molecule has 0 atom stereocenters. The van der Waals surface area contributed by atoms with E-state index < -0.39 is 39.1 Å². The van der Waals surface area contributed by atoms with Gasteiger partial charge in [-0.3, -0.25) is 4.79 Å². The van der Waals surface area contributed by atoms with Crippen molar-refractivity contribution in [1.82, 2.24) is 4.31 Å². The molecule has 0 aliphatic carbocycles. The number of rotatable bonds is 8. The van der Waals surface area contributed by atoms with E-state index in [0.29, 0.717) is 23.9 Å². The topological polar surface area (TPSA) is 75.7 Å². The van der Waals surface area contributed by atoms with Crippen LogP contribution in [0.15, 0.2) is 53.4 Å². The number of alkyl halides is 3. The second-order valence-corrected chi connectivity index (χ2v) is 7.99. The zero-order chi connectivity index (χ0) is 21.7. The number of methoxy groups -OCH3 is 1. The van der Waals surface area contributed by atoms with Crippen LogP contribution in [0.25, 0.3) is 0 Å². The van der Waals surface area contributed by atoms with Crippen LogP contribution < -0.4 is 10.1 Å². The van der Waals surface area contributed by atoms with Crippen molar-refractivity contribution in [2.75, 3.05) is 25.5 Å². The molecule has 0 spiro atoms. The molecule has 29 heavy (non-hydrogen) atoms. The van der Waals surface area contributed by atoms with Crippen LogP contribution in [0.3, 0.4) is 0 Å². The average molecular weight is 430 g/mol. The third-order valence-corrected chi connectivity index (χ3v) is 5.89. The van der Waals surface area contributed by atoms with E-state index >= 15 is 0 Å². The third kappa shape index (κ3) is 5.48. The maximum absolute atomic E-state index is 13.3. The van der Waals surface area contributed by atoms with Crippen molar-refractivity contribution in [2.24, 2.45) is 0 Å². The quantitative estimate of drug-likeness (QED) is 0.692. The molecule has 0 bridgehead atoms. The lowest BCUT2D eigenvalue weighted by atomic mass is 10.2. The van der Waals surface area contributed by atoms with Gasteiger partial charge < -0.3 is 10.1 Å². The molecule has 2 rings (SSSR count). The highest BCUT2D eigenvalue weighted by Crippen LogP contribution is 2.35. The van der Waals surface area contributed by atoms with Gasteiger partial charge >= 0.3 is 6.18 Å². The number of nitrogens with one attached hydrogen (secondary N) is 1. The summed E-state index contributed by atoms with van der Waals surface area (Å²) in [5.74, 6) is -0.329. The Hall–Kier alpha value is -2.59. The first-order valence-electron chi connectivity index (χ1n) is 8.70. The maximum atomic E-state index is 13.3. The van der Waals surface area contributed by atoms with Gasteiger partial charge in [-0.25, -0.2) is 8.42 Å². The van der Waals surface area contributed by atoms with Crippen LogP contribution in [-0.4, -0.2) is 38.8 Å². The van der Waals surface area contributed by atoms with E-state index in [9.17, 15) is 26.4 Å². The van der Waals surface area contributed by atoms with E-state index in [0.717, 1.165) is 16.4 Å². The molecule has 6 nitrogen and oxygen atoms in total. The number of amides is 1. The lowest BCUT2D eigenvalue weighted by Gasteiger charge is -2.23. The fourth-order valence-corrected chi connectivity index (χ4v) is 4.40. The van der Waals surface area contributed by atoms with Gasteiger partial charge in [-0.05, 0) is 30.7 Å². The van der Waals surface area contributed by atoms with Crippen LogP contribution in [0.1, 0.15) is 18.9 Å². The van der Waals surface area contributed by atoms with E-state index in [1.165, 1.54) is 13.2 Å². The van der Waals surface area contributed by atoms with Crippen molar-refractivity contribution in [3.8, 4) is 5.75 Å². The SMILES string of the molecule is CCCN(CC(=O)Nc1ccccc1OC)S(=O)(=O)c1ccccc1C(F)(F)F. The van der Waals surface area contributed by atoms with Crippen molar-refractivity contribution < 1.29 is 31.1 Å². The largest absolute Gasteiger partial charge is 0.495 e. The van der Waals surface area contributed by atoms with Crippen LogP contribution in [0.4, 0.5) is 18.9 Å². The molecule has 0 unspecified atom stereocenters. The monoisotopic (exact) mass is 430 g/mol. The summed E-state index contributed by atoms with van der Waals surface area (Å²) in [5.41, 5.74) is -0.948. The summed E-state index contributed by atoms with van der Waals surface area (Å²) < 4.78 is 71.6. The summed E-state index contributed by atoms with van der Waals surface area (Å²) in [4.78, 5) is 11.5. The first kappa shape index (κ1) is 22.7. The van der Waals surface area contributed by atoms with Gasteiger partial charge in [0, 0.05) is 6.54 Å². The van der Waals surface area contributed by atoms with Gasteiger partial charge in [0.1, 0.15) is 5.75 Å². The molecule has 1 N–H and O–H groups in total. The highest BCUT2D eigenvalue weighted by atomic mass is 32.2. The maximum Gasteiger partial charge on any atom is 0.417 e. The number of hydrogen-bond donors (Lipinski definition) is 1. The summed E-state index contributed by atoms with van der Waals surface area (Å²) in [5, 5.41) is 2.53. The lowest BCUT2D eigenvalue weighted by Crippen LogP contribution is -2.39. The van der Waals surface area contributed by atoms with Crippen molar-refractivity contribution >= 4 is 21.6 Å². The summed E-state index contributed by atoms with van der Waals surface area (Å²) in [6.07, 6.45) is -4.53. The molecule has 0 aromatic heterocycles. The molecule has 0 saturated heterocycles. The fourth-order valence-electron chi connectivity index (χ4n) is 2.70. The smallest absolute Gasteiger partial charge is 0.417 e. The van der Waals surface area contributed by atoms with Gasteiger partial charge in [-0.2, -0.15) is 17.5 Å². The number of nitrogens with zero attached hydrogens (tertiary/aromatic N) is 1. The third-order valence-electron chi connectivity index (χ3n) is 3.98. The van der Waals surface area contributed by atoms with E-state index in [2.05, 4.69) is 5.32 Å². The Bertz CT molecular complexity index is 962. The Morgan fingerprint density at radius 1 is 1.10 bits per heavy atom. The minimum Gasteiger partial charge on any atom is -0.495 e. The Morgan fingerprint density at radius 3 is 2.34 bits per heavy atom. The fraction of sp³-hybridized carbons (Fsp3) is 0.316. The van der Waals surface area contributed by atoms with E-state index in [-0.39, 0.29) is 6.54 Å². The molecule has 2 aromatic carbocycles.